The summed E-state index contributed by atoms with van der Waals surface area (Å²) < 4.78 is -0.918. The largest absolute Gasteiger partial charge is 0.511 e. The molecule has 0 fully saturated rings. The van der Waals surface area contributed by atoms with Gasteiger partial charge in [0, 0.05) is 17.9 Å². The summed E-state index contributed by atoms with van der Waals surface area (Å²) in [6.07, 6.45) is 1.42. The maximum Gasteiger partial charge on any atom is 0.375 e. The summed E-state index contributed by atoms with van der Waals surface area (Å²) in [6, 6.07) is 8.76. The number of Topliss-reactive ketones (excluding diaryl/α,β-unsaturated/α-hetero) is 1. The fraction of sp³-hybridized carbons (Fsp3) is 0.367. The topological polar surface area (TPSA) is 127 Å². The van der Waals surface area contributed by atoms with Gasteiger partial charge >= 0.3 is 5.97 Å². The summed E-state index contributed by atoms with van der Waals surface area (Å²) in [6.45, 7) is 10.4. The van der Waals surface area contributed by atoms with E-state index in [-0.39, 0.29) is 34.0 Å². The normalized spacial score (nSPS) is 15.6. The minimum atomic E-state index is -1.97. The van der Waals surface area contributed by atoms with Crippen molar-refractivity contribution in [3.05, 3.63) is 85.6 Å². The first-order valence-electron chi connectivity index (χ1n) is 13.5. The maximum absolute atomic E-state index is 12.7. The molecule has 1 aromatic heterocycles. The van der Waals surface area contributed by atoms with Crippen LogP contribution in [0.25, 0.3) is 5.69 Å². The molecule has 1 atom stereocenters. The Balaban J connectivity index is 0.000000244. The molecule has 1 unspecified atom stereocenters. The molecule has 3 aromatic rings. The highest BCUT2D eigenvalue weighted by Gasteiger charge is 2.34. The van der Waals surface area contributed by atoms with Crippen LogP contribution in [0.1, 0.15) is 77.7 Å². The second-order valence-corrected chi connectivity index (χ2v) is 13.2. The molecule has 0 bridgehead atoms. The molecular formula is C30H31Cl5N4O5. The first kappa shape index (κ1) is 35.7. The van der Waals surface area contributed by atoms with Gasteiger partial charge in [-0.3, -0.25) is 4.79 Å². The third kappa shape index (κ3) is 8.46. The molecular weight excluding hydrogens is 674 g/mol. The van der Waals surface area contributed by atoms with E-state index in [2.05, 4.69) is 48.1 Å². The second kappa shape index (κ2) is 15.0. The van der Waals surface area contributed by atoms with Gasteiger partial charge in [0.25, 0.3) is 5.82 Å². The fourth-order valence-corrected chi connectivity index (χ4v) is 5.95. The maximum atomic E-state index is 12.7. The van der Waals surface area contributed by atoms with E-state index in [9.17, 15) is 14.7 Å². The van der Waals surface area contributed by atoms with Crippen molar-refractivity contribution < 1.29 is 24.6 Å². The van der Waals surface area contributed by atoms with Crippen LogP contribution < -0.4 is 0 Å². The van der Waals surface area contributed by atoms with E-state index < -0.39 is 15.6 Å². The lowest BCUT2D eigenvalue weighted by molar-refractivity contribution is -0.116. The molecule has 236 valence electrons. The van der Waals surface area contributed by atoms with Crippen molar-refractivity contribution in [1.82, 2.24) is 14.8 Å². The van der Waals surface area contributed by atoms with Gasteiger partial charge in [-0.25, -0.2) is 14.5 Å². The number of nitrogens with zero attached hydrogens (tertiary/aromatic N) is 4. The van der Waals surface area contributed by atoms with Crippen LogP contribution in [0.2, 0.25) is 10.0 Å². The predicted octanol–water partition coefficient (Wildman–Crippen LogP) is 8.77. The van der Waals surface area contributed by atoms with Gasteiger partial charge in [-0.2, -0.15) is 0 Å². The molecule has 0 radical (unpaired) electrons. The Labute approximate surface area is 280 Å². The smallest absolute Gasteiger partial charge is 0.375 e. The number of carbonyl (C=O) groups excluding carboxylic acids is 1. The lowest BCUT2D eigenvalue weighted by Gasteiger charge is -2.27. The highest BCUT2D eigenvalue weighted by atomic mass is 35.6. The van der Waals surface area contributed by atoms with Crippen LogP contribution in [0.3, 0.4) is 0 Å². The van der Waals surface area contributed by atoms with Crippen molar-refractivity contribution in [3.63, 3.8) is 0 Å². The molecule has 0 saturated carbocycles. The summed E-state index contributed by atoms with van der Waals surface area (Å²) in [5.41, 5.74) is 5.94. The van der Waals surface area contributed by atoms with Crippen LogP contribution in [0.15, 0.2) is 46.8 Å². The van der Waals surface area contributed by atoms with E-state index in [0.29, 0.717) is 42.2 Å². The number of ketones is 1. The zero-order valence-electron chi connectivity index (χ0n) is 24.6. The van der Waals surface area contributed by atoms with Gasteiger partial charge < -0.3 is 15.1 Å². The number of hydrogen-bond donors (Lipinski definition) is 2. The van der Waals surface area contributed by atoms with E-state index in [1.54, 1.807) is 0 Å². The summed E-state index contributed by atoms with van der Waals surface area (Å²) >= 11 is 29.1. The Bertz CT molecular complexity index is 1610. The van der Waals surface area contributed by atoms with Crippen molar-refractivity contribution in [2.75, 3.05) is 6.61 Å². The van der Waals surface area contributed by atoms with Gasteiger partial charge in [0.15, 0.2) is 11.6 Å². The number of alkyl halides is 3. The minimum Gasteiger partial charge on any atom is -0.511 e. The lowest BCUT2D eigenvalue weighted by Crippen LogP contribution is -2.24. The number of hydrogen-bond acceptors (Lipinski definition) is 7. The fourth-order valence-electron chi connectivity index (χ4n) is 5.10. The van der Waals surface area contributed by atoms with Gasteiger partial charge in [0.2, 0.25) is 3.79 Å². The van der Waals surface area contributed by atoms with Crippen LogP contribution in [-0.2, 0) is 13.4 Å². The van der Waals surface area contributed by atoms with E-state index in [1.807, 2.05) is 13.8 Å². The van der Waals surface area contributed by atoms with Gasteiger partial charge in [-0.15, -0.1) is 5.10 Å². The van der Waals surface area contributed by atoms with Gasteiger partial charge in [-0.05, 0) is 74.9 Å². The minimum absolute atomic E-state index is 0.0204. The number of aliphatic hydroxyl groups is 1. The Morgan fingerprint density at radius 2 is 1.73 bits per heavy atom. The van der Waals surface area contributed by atoms with Gasteiger partial charge in [0.05, 0.1) is 22.0 Å². The molecule has 2 aromatic carbocycles. The van der Waals surface area contributed by atoms with E-state index in [1.165, 1.54) is 40.5 Å². The van der Waals surface area contributed by atoms with Crippen molar-refractivity contribution in [2.24, 2.45) is 5.16 Å². The molecule has 0 saturated heterocycles. The van der Waals surface area contributed by atoms with Crippen LogP contribution in [0, 0.1) is 20.8 Å². The molecule has 2 N–H and O–H groups in total. The summed E-state index contributed by atoms with van der Waals surface area (Å²) in [5, 5.41) is 27.8. The number of carbonyl (C=O) groups is 2. The number of allylic oxidation sites excluding steroid dienone is 2. The molecule has 14 heteroatoms. The third-order valence-electron chi connectivity index (χ3n) is 6.70. The molecule has 1 heterocycles. The molecule has 1 aliphatic rings. The zero-order valence-corrected chi connectivity index (χ0v) is 28.4. The number of rotatable bonds is 7. The van der Waals surface area contributed by atoms with Crippen molar-refractivity contribution in [2.45, 2.75) is 63.6 Å². The first-order valence-corrected chi connectivity index (χ1v) is 15.4. The number of carboxylic acids is 1. The molecule has 0 amide bonds. The highest BCUT2D eigenvalue weighted by molar-refractivity contribution is 6.66. The standard InChI is InChI=1S/C20H27NO3.C10H4Cl5N3O2/c1-6-16(21-24-7-2)20-17(22)10-15(11-18(20)23)19-13(4)8-12(3)9-14(19)5;11-4-1-2-6(5(12)3-4)18-9(10(13,14)15)16-7(17-18)8(19)20/h8-9,15,22H,6-7,10-11H2,1-5H3;1-3H,(H,19,20)/b21-16+;. The molecule has 0 spiro atoms. The highest BCUT2D eigenvalue weighted by Crippen LogP contribution is 2.39. The van der Waals surface area contributed by atoms with Crippen LogP contribution in [-0.4, -0.2) is 49.0 Å². The quantitative estimate of drug-likeness (QED) is 0.143. The number of oxime groups is 1. The van der Waals surface area contributed by atoms with E-state index >= 15 is 0 Å². The molecule has 0 aliphatic heterocycles. The Hall–Kier alpha value is -2.82. The van der Waals surface area contributed by atoms with Crippen molar-refractivity contribution >= 4 is 75.5 Å². The van der Waals surface area contributed by atoms with Gasteiger partial charge in [0.1, 0.15) is 12.4 Å². The summed E-state index contributed by atoms with van der Waals surface area (Å²) in [7, 11) is 0. The number of aromatic nitrogens is 3. The van der Waals surface area contributed by atoms with E-state index in [0.717, 1.165) is 4.68 Å². The molecule has 4 rings (SSSR count). The summed E-state index contributed by atoms with van der Waals surface area (Å²) in [5.74, 6) is -1.96. The Morgan fingerprint density at radius 1 is 1.09 bits per heavy atom. The number of benzene rings is 2. The van der Waals surface area contributed by atoms with Crippen LogP contribution in [0.4, 0.5) is 0 Å². The van der Waals surface area contributed by atoms with Crippen molar-refractivity contribution in [1.29, 1.82) is 0 Å². The average Bonchev–Trinajstić information content (AvgIpc) is 3.36. The van der Waals surface area contributed by atoms with E-state index in [4.69, 9.17) is 67.9 Å². The molecule has 1 aliphatic carbocycles. The monoisotopic (exact) mass is 702 g/mol. The number of aryl methyl sites for hydroxylation is 3. The Morgan fingerprint density at radius 3 is 2.23 bits per heavy atom. The lowest BCUT2D eigenvalue weighted by atomic mass is 9.78. The number of aromatic carboxylic acids is 1. The second-order valence-electron chi connectivity index (χ2n) is 10.0. The number of aliphatic hydroxyl groups excluding tert-OH is 1. The first-order chi connectivity index (χ1) is 20.6. The number of carboxylic acid groups (broad SMARTS) is 1. The number of halogens is 5. The third-order valence-corrected chi connectivity index (χ3v) is 7.75. The predicted molar refractivity (Wildman–Crippen MR) is 174 cm³/mol. The molecule has 9 nitrogen and oxygen atoms in total. The van der Waals surface area contributed by atoms with Crippen molar-refractivity contribution in [3.8, 4) is 5.69 Å². The van der Waals surface area contributed by atoms with Crippen LogP contribution in [0.5, 0.6) is 0 Å². The zero-order chi connectivity index (χ0) is 32.9. The SMILES string of the molecule is CCO/N=C(\CC)C1=C(O)CC(c2c(C)cc(C)cc2C)CC1=O.O=C(O)c1nc(C(Cl)(Cl)Cl)n(-c2ccc(Cl)cc2Cl)n1. The average molecular weight is 705 g/mol. The Kier molecular flexibility index (Phi) is 12.1. The summed E-state index contributed by atoms with van der Waals surface area (Å²) in [4.78, 5) is 32.4. The molecule has 44 heavy (non-hydrogen) atoms. The van der Waals surface area contributed by atoms with Gasteiger partial charge in [-0.1, -0.05) is 87.8 Å². The van der Waals surface area contributed by atoms with Crippen LogP contribution >= 0.6 is 58.0 Å².